The molecule has 0 spiro atoms. The van der Waals surface area contributed by atoms with E-state index in [0.717, 1.165) is 51.6 Å². The maximum Gasteiger partial charge on any atom is 0.191 e. The molecule has 0 unspecified atom stereocenters. The Morgan fingerprint density at radius 2 is 1.88 bits per heavy atom. The van der Waals surface area contributed by atoms with Crippen molar-refractivity contribution in [3.05, 3.63) is 0 Å². The predicted octanol–water partition coefficient (Wildman–Crippen LogP) is 1.99. The number of guanidine groups is 1. The molecular weight excluding hydrogens is 214 g/mol. The van der Waals surface area contributed by atoms with Crippen LogP contribution < -0.4 is 5.73 Å². The topological polar surface area (TPSA) is 50.9 Å². The number of nitrogens with two attached hydrogens (primary N) is 1. The highest BCUT2D eigenvalue weighted by Gasteiger charge is 2.10. The highest BCUT2D eigenvalue weighted by molar-refractivity contribution is 5.78. The van der Waals surface area contributed by atoms with Gasteiger partial charge in [-0.05, 0) is 32.6 Å². The maximum absolute atomic E-state index is 6.00. The molecule has 0 aliphatic carbocycles. The number of aliphatic imine (C=N–C) groups is 1. The van der Waals surface area contributed by atoms with Gasteiger partial charge in [-0.15, -0.1) is 0 Å². The fourth-order valence-electron chi connectivity index (χ4n) is 2.05. The van der Waals surface area contributed by atoms with Gasteiger partial charge >= 0.3 is 0 Å². The number of hydrogen-bond donors (Lipinski definition) is 1. The van der Waals surface area contributed by atoms with Crippen molar-refractivity contribution < 1.29 is 4.74 Å². The summed E-state index contributed by atoms with van der Waals surface area (Å²) in [6, 6.07) is 0. The van der Waals surface area contributed by atoms with Gasteiger partial charge in [0, 0.05) is 32.8 Å². The van der Waals surface area contributed by atoms with E-state index in [1.807, 2.05) is 6.92 Å². The van der Waals surface area contributed by atoms with Gasteiger partial charge in [0.05, 0.1) is 0 Å². The van der Waals surface area contributed by atoms with Gasteiger partial charge in [0.25, 0.3) is 0 Å². The van der Waals surface area contributed by atoms with Crippen molar-refractivity contribution in [2.75, 3.05) is 32.8 Å². The number of likely N-dealkylation sites (tertiary alicyclic amines) is 1. The Bertz CT molecular complexity index is 211. The summed E-state index contributed by atoms with van der Waals surface area (Å²) >= 11 is 0. The lowest BCUT2D eigenvalue weighted by Gasteiger charge is -2.21. The van der Waals surface area contributed by atoms with E-state index in [9.17, 15) is 0 Å². The Kier molecular flexibility index (Phi) is 7.80. The summed E-state index contributed by atoms with van der Waals surface area (Å²) in [6.07, 6.45) is 7.30. The highest BCUT2D eigenvalue weighted by atomic mass is 16.5. The molecule has 0 radical (unpaired) electrons. The third-order valence-corrected chi connectivity index (χ3v) is 3.10. The molecule has 1 fully saturated rings. The van der Waals surface area contributed by atoms with Crippen LogP contribution in [0.2, 0.25) is 0 Å². The minimum absolute atomic E-state index is 0.739. The molecule has 0 atom stereocenters. The second-order valence-corrected chi connectivity index (χ2v) is 4.55. The fraction of sp³-hybridized carbons (Fsp3) is 0.923. The van der Waals surface area contributed by atoms with Crippen molar-refractivity contribution in [3.63, 3.8) is 0 Å². The lowest BCUT2D eigenvalue weighted by molar-refractivity contribution is 0.144. The average Bonchev–Trinajstić information content (AvgIpc) is 2.62. The molecule has 0 amide bonds. The van der Waals surface area contributed by atoms with Crippen LogP contribution in [0.15, 0.2) is 4.99 Å². The summed E-state index contributed by atoms with van der Waals surface area (Å²) < 4.78 is 5.28. The van der Waals surface area contributed by atoms with Crippen molar-refractivity contribution in [2.45, 2.75) is 45.4 Å². The average molecular weight is 241 g/mol. The van der Waals surface area contributed by atoms with Gasteiger partial charge in [0.15, 0.2) is 5.96 Å². The van der Waals surface area contributed by atoms with E-state index in [2.05, 4.69) is 9.89 Å². The third kappa shape index (κ3) is 6.51. The predicted molar refractivity (Wildman–Crippen MR) is 72.3 cm³/mol. The van der Waals surface area contributed by atoms with E-state index in [4.69, 9.17) is 10.5 Å². The van der Waals surface area contributed by atoms with Gasteiger partial charge in [0.2, 0.25) is 0 Å². The molecule has 0 bridgehead atoms. The zero-order valence-electron chi connectivity index (χ0n) is 11.2. The lowest BCUT2D eigenvalue weighted by Crippen LogP contribution is -2.38. The molecule has 100 valence electrons. The molecule has 1 rings (SSSR count). The molecule has 1 heterocycles. The van der Waals surface area contributed by atoms with Gasteiger partial charge in [-0.1, -0.05) is 12.8 Å². The number of unbranched alkanes of at least 4 members (excludes halogenated alkanes) is 1. The molecule has 0 aromatic heterocycles. The van der Waals surface area contributed by atoms with Crippen LogP contribution in [-0.4, -0.2) is 43.7 Å². The molecule has 1 aliphatic heterocycles. The summed E-state index contributed by atoms with van der Waals surface area (Å²) in [4.78, 5) is 6.68. The van der Waals surface area contributed by atoms with Crippen LogP contribution in [0.3, 0.4) is 0 Å². The molecule has 0 aromatic rings. The first-order valence-electron chi connectivity index (χ1n) is 6.97. The molecule has 0 aromatic carbocycles. The number of hydrogen-bond acceptors (Lipinski definition) is 2. The van der Waals surface area contributed by atoms with E-state index in [-0.39, 0.29) is 0 Å². The van der Waals surface area contributed by atoms with Gasteiger partial charge in [-0.2, -0.15) is 0 Å². The zero-order valence-corrected chi connectivity index (χ0v) is 11.2. The summed E-state index contributed by atoms with van der Waals surface area (Å²) in [5.74, 6) is 0.739. The van der Waals surface area contributed by atoms with Gasteiger partial charge < -0.3 is 15.4 Å². The van der Waals surface area contributed by atoms with E-state index in [1.165, 1.54) is 25.7 Å². The van der Waals surface area contributed by atoms with Gasteiger partial charge in [-0.3, -0.25) is 4.99 Å². The van der Waals surface area contributed by atoms with Gasteiger partial charge in [0.1, 0.15) is 0 Å². The summed E-state index contributed by atoms with van der Waals surface area (Å²) in [5.41, 5.74) is 6.00. The van der Waals surface area contributed by atoms with Crippen LogP contribution in [0, 0.1) is 0 Å². The van der Waals surface area contributed by atoms with Crippen LogP contribution in [0.1, 0.15) is 45.4 Å². The normalized spacial score (nSPS) is 18.2. The molecule has 2 N–H and O–H groups in total. The summed E-state index contributed by atoms with van der Waals surface area (Å²) in [6.45, 7) is 6.66. The number of ether oxygens (including phenoxy) is 1. The molecule has 4 heteroatoms. The second-order valence-electron chi connectivity index (χ2n) is 4.55. The Labute approximate surface area is 105 Å². The second kappa shape index (κ2) is 9.28. The fourth-order valence-corrected chi connectivity index (χ4v) is 2.05. The number of nitrogens with zero attached hydrogens (tertiary/aromatic N) is 2. The van der Waals surface area contributed by atoms with Crippen molar-refractivity contribution in [1.29, 1.82) is 0 Å². The van der Waals surface area contributed by atoms with E-state index in [1.54, 1.807) is 0 Å². The van der Waals surface area contributed by atoms with Crippen molar-refractivity contribution in [3.8, 4) is 0 Å². The summed E-state index contributed by atoms with van der Waals surface area (Å²) in [7, 11) is 0. The smallest absolute Gasteiger partial charge is 0.191 e. The van der Waals surface area contributed by atoms with Crippen LogP contribution in [0.25, 0.3) is 0 Å². The van der Waals surface area contributed by atoms with E-state index >= 15 is 0 Å². The first-order valence-corrected chi connectivity index (χ1v) is 6.97. The first-order chi connectivity index (χ1) is 8.34. The van der Waals surface area contributed by atoms with Crippen molar-refractivity contribution >= 4 is 5.96 Å². The van der Waals surface area contributed by atoms with E-state index < -0.39 is 0 Å². The van der Waals surface area contributed by atoms with Crippen LogP contribution in [0.5, 0.6) is 0 Å². The maximum atomic E-state index is 6.00. The van der Waals surface area contributed by atoms with Crippen molar-refractivity contribution in [1.82, 2.24) is 4.90 Å². The molecular formula is C13H27N3O. The molecule has 17 heavy (non-hydrogen) atoms. The van der Waals surface area contributed by atoms with Crippen LogP contribution >= 0.6 is 0 Å². The lowest BCUT2D eigenvalue weighted by atomic mass is 10.2. The highest BCUT2D eigenvalue weighted by Crippen LogP contribution is 2.09. The quantitative estimate of drug-likeness (QED) is 0.439. The van der Waals surface area contributed by atoms with Crippen molar-refractivity contribution in [2.24, 2.45) is 10.7 Å². The molecule has 0 saturated carbocycles. The Morgan fingerprint density at radius 1 is 1.18 bits per heavy atom. The third-order valence-electron chi connectivity index (χ3n) is 3.10. The number of rotatable bonds is 6. The van der Waals surface area contributed by atoms with E-state index in [0.29, 0.717) is 0 Å². The first kappa shape index (κ1) is 14.3. The minimum Gasteiger partial charge on any atom is -0.382 e. The standard InChI is InChI=1S/C13H27N3O/c1-2-17-12-8-5-9-15-13(14)16-10-6-3-4-7-11-16/h2-12H2,1H3,(H2,14,15). The monoisotopic (exact) mass is 241 g/mol. The Hall–Kier alpha value is -0.770. The Morgan fingerprint density at radius 3 is 2.53 bits per heavy atom. The zero-order chi connectivity index (χ0) is 12.3. The molecule has 4 nitrogen and oxygen atoms in total. The molecule has 1 saturated heterocycles. The molecule has 1 aliphatic rings. The largest absolute Gasteiger partial charge is 0.382 e. The van der Waals surface area contributed by atoms with Gasteiger partial charge in [-0.25, -0.2) is 0 Å². The minimum atomic E-state index is 0.739. The SMILES string of the molecule is CCOCCCCN=C(N)N1CCCCCC1. The Balaban J connectivity index is 2.14. The van der Waals surface area contributed by atoms with Crippen LogP contribution in [-0.2, 0) is 4.74 Å². The van der Waals surface area contributed by atoms with Crippen LogP contribution in [0.4, 0.5) is 0 Å². The summed E-state index contributed by atoms with van der Waals surface area (Å²) in [5, 5.41) is 0.